The maximum Gasteiger partial charge on any atom is 0.265 e. The predicted octanol–water partition coefficient (Wildman–Crippen LogP) is 4.47. The lowest BCUT2D eigenvalue weighted by Gasteiger charge is -2.26. The number of hydrogen-bond acceptors (Lipinski definition) is 2. The van der Waals surface area contributed by atoms with Crippen molar-refractivity contribution in [2.24, 2.45) is 11.8 Å². The molecule has 20 heavy (non-hydrogen) atoms. The Balaban J connectivity index is 2.19. The van der Waals surface area contributed by atoms with Gasteiger partial charge in [-0.3, -0.25) is 0 Å². The molecule has 0 amide bonds. The van der Waals surface area contributed by atoms with Gasteiger partial charge in [-0.2, -0.15) is 0 Å². The molecule has 2 nitrogen and oxygen atoms in total. The fraction of sp³-hybridized carbons (Fsp3) is 0.625. The molecule has 0 saturated carbocycles. The van der Waals surface area contributed by atoms with Crippen LogP contribution in [0, 0.1) is 11.8 Å². The Morgan fingerprint density at radius 1 is 1.20 bits per heavy atom. The van der Waals surface area contributed by atoms with Gasteiger partial charge in [0.1, 0.15) is 0 Å². The Bertz CT molecular complexity index is 446. The van der Waals surface area contributed by atoms with Gasteiger partial charge in [-0.05, 0) is 49.3 Å². The number of anilines is 2. The number of nitrogen functional groups attached to an aromatic ring is 1. The van der Waals surface area contributed by atoms with Crippen LogP contribution in [-0.4, -0.2) is 13.1 Å². The summed E-state index contributed by atoms with van der Waals surface area (Å²) >= 11 is 0. The van der Waals surface area contributed by atoms with Crippen LogP contribution in [0.15, 0.2) is 18.2 Å². The van der Waals surface area contributed by atoms with Crippen LogP contribution in [0.5, 0.6) is 0 Å². The predicted molar refractivity (Wildman–Crippen MR) is 80.2 cm³/mol. The first-order valence-corrected chi connectivity index (χ1v) is 7.41. The third kappa shape index (κ3) is 3.41. The normalized spacial score (nSPS) is 20.5. The van der Waals surface area contributed by atoms with Crippen molar-refractivity contribution in [3.05, 3.63) is 23.8 Å². The summed E-state index contributed by atoms with van der Waals surface area (Å²) in [6.45, 7) is 6.20. The highest BCUT2D eigenvalue weighted by atomic mass is 19.3. The van der Waals surface area contributed by atoms with Gasteiger partial charge in [-0.15, -0.1) is 0 Å². The van der Waals surface area contributed by atoms with E-state index in [1.807, 2.05) is 0 Å². The van der Waals surface area contributed by atoms with E-state index in [-0.39, 0.29) is 5.56 Å². The van der Waals surface area contributed by atoms with Crippen LogP contribution < -0.4 is 10.6 Å². The summed E-state index contributed by atoms with van der Waals surface area (Å²) < 4.78 is 26.4. The topological polar surface area (TPSA) is 29.3 Å². The third-order valence-electron chi connectivity index (χ3n) is 4.34. The van der Waals surface area contributed by atoms with E-state index in [0.29, 0.717) is 23.2 Å². The van der Waals surface area contributed by atoms with Crippen LogP contribution in [0.3, 0.4) is 0 Å². The van der Waals surface area contributed by atoms with Gasteiger partial charge in [0.05, 0.1) is 0 Å². The lowest BCUT2D eigenvalue weighted by Crippen LogP contribution is -2.25. The molecule has 0 spiro atoms. The smallest absolute Gasteiger partial charge is 0.265 e. The van der Waals surface area contributed by atoms with E-state index in [4.69, 9.17) is 5.73 Å². The van der Waals surface area contributed by atoms with Crippen molar-refractivity contribution in [3.63, 3.8) is 0 Å². The average molecular weight is 282 g/mol. The summed E-state index contributed by atoms with van der Waals surface area (Å²) in [6, 6.07) is 4.86. The molecule has 4 heteroatoms. The summed E-state index contributed by atoms with van der Waals surface area (Å²) in [4.78, 5) is 2.10. The molecule has 1 aliphatic rings. The molecule has 1 heterocycles. The first-order valence-electron chi connectivity index (χ1n) is 7.41. The lowest BCUT2D eigenvalue weighted by atomic mass is 9.89. The molecule has 1 aromatic rings. The van der Waals surface area contributed by atoms with Crippen LogP contribution >= 0.6 is 0 Å². The van der Waals surface area contributed by atoms with Crippen molar-refractivity contribution in [2.45, 2.75) is 39.5 Å². The minimum atomic E-state index is -2.47. The molecule has 2 N–H and O–H groups in total. The van der Waals surface area contributed by atoms with Gasteiger partial charge in [0.2, 0.25) is 0 Å². The minimum absolute atomic E-state index is 0.0630. The summed E-state index contributed by atoms with van der Waals surface area (Å²) in [5.41, 5.74) is 6.75. The van der Waals surface area contributed by atoms with Crippen LogP contribution in [0.2, 0.25) is 0 Å². The van der Waals surface area contributed by atoms with Gasteiger partial charge >= 0.3 is 0 Å². The molecular weight excluding hydrogens is 258 g/mol. The number of hydrogen-bond donors (Lipinski definition) is 1. The zero-order valence-electron chi connectivity index (χ0n) is 12.3. The number of nitrogens with two attached hydrogens (primary N) is 1. The van der Waals surface area contributed by atoms with Crippen molar-refractivity contribution in [3.8, 4) is 0 Å². The summed E-state index contributed by atoms with van der Waals surface area (Å²) in [5, 5.41) is 0. The standard InChI is InChI=1S/C16H24F2N2/c1-11(2)12-4-3-8-20(9-7-12)15-6-5-13(19)10-14(15)16(17)18/h5-6,10-12,16H,3-4,7-9,19H2,1-2H3. The van der Waals surface area contributed by atoms with Crippen LogP contribution in [0.25, 0.3) is 0 Å². The van der Waals surface area contributed by atoms with E-state index in [9.17, 15) is 8.78 Å². The second kappa shape index (κ2) is 6.42. The maximum atomic E-state index is 13.2. The zero-order chi connectivity index (χ0) is 14.7. The maximum absolute atomic E-state index is 13.2. The molecule has 112 valence electrons. The van der Waals surface area contributed by atoms with Crippen LogP contribution in [0.1, 0.15) is 45.1 Å². The van der Waals surface area contributed by atoms with E-state index in [1.54, 1.807) is 12.1 Å². The van der Waals surface area contributed by atoms with E-state index >= 15 is 0 Å². The van der Waals surface area contributed by atoms with E-state index < -0.39 is 6.43 Å². The average Bonchev–Trinajstić information content (AvgIpc) is 2.64. The first-order chi connectivity index (χ1) is 9.49. The molecule has 1 fully saturated rings. The van der Waals surface area contributed by atoms with Crippen LogP contribution in [0.4, 0.5) is 20.2 Å². The van der Waals surface area contributed by atoms with Crippen molar-refractivity contribution < 1.29 is 8.78 Å². The van der Waals surface area contributed by atoms with Crippen molar-refractivity contribution >= 4 is 11.4 Å². The third-order valence-corrected chi connectivity index (χ3v) is 4.34. The fourth-order valence-electron chi connectivity index (χ4n) is 3.07. The Kier molecular flexibility index (Phi) is 4.84. The number of rotatable bonds is 3. The number of alkyl halides is 2. The number of benzene rings is 1. The second-order valence-electron chi connectivity index (χ2n) is 6.04. The first kappa shape index (κ1) is 15.1. The molecule has 1 saturated heterocycles. The van der Waals surface area contributed by atoms with Gasteiger partial charge in [-0.25, -0.2) is 8.78 Å². The largest absolute Gasteiger partial charge is 0.399 e. The van der Waals surface area contributed by atoms with Crippen molar-refractivity contribution in [1.29, 1.82) is 0 Å². The van der Waals surface area contributed by atoms with Gasteiger partial charge in [0.15, 0.2) is 0 Å². The Hall–Kier alpha value is -1.32. The molecule has 0 aromatic heterocycles. The highest BCUT2D eigenvalue weighted by Gasteiger charge is 2.23. The van der Waals surface area contributed by atoms with E-state index in [2.05, 4.69) is 18.7 Å². The fourth-order valence-corrected chi connectivity index (χ4v) is 3.07. The van der Waals surface area contributed by atoms with Crippen molar-refractivity contribution in [1.82, 2.24) is 0 Å². The molecule has 1 aliphatic heterocycles. The van der Waals surface area contributed by atoms with E-state index in [1.165, 1.54) is 12.5 Å². The number of halogens is 2. The Labute approximate surface area is 120 Å². The monoisotopic (exact) mass is 282 g/mol. The molecule has 1 unspecified atom stereocenters. The lowest BCUT2D eigenvalue weighted by molar-refractivity contribution is 0.152. The van der Waals surface area contributed by atoms with Gasteiger partial charge in [0.25, 0.3) is 6.43 Å². The van der Waals surface area contributed by atoms with Crippen molar-refractivity contribution in [2.75, 3.05) is 23.7 Å². The van der Waals surface area contributed by atoms with E-state index in [0.717, 1.165) is 25.9 Å². The molecule has 0 aliphatic carbocycles. The molecule has 1 atom stereocenters. The summed E-state index contributed by atoms with van der Waals surface area (Å²) in [6.07, 6.45) is 0.853. The molecule has 2 rings (SSSR count). The highest BCUT2D eigenvalue weighted by Crippen LogP contribution is 2.34. The molecule has 1 aromatic carbocycles. The quantitative estimate of drug-likeness (QED) is 0.829. The zero-order valence-corrected chi connectivity index (χ0v) is 12.3. The minimum Gasteiger partial charge on any atom is -0.399 e. The molecule has 0 radical (unpaired) electrons. The Morgan fingerprint density at radius 3 is 2.60 bits per heavy atom. The number of nitrogens with zero attached hydrogens (tertiary/aromatic N) is 1. The van der Waals surface area contributed by atoms with Gasteiger partial charge < -0.3 is 10.6 Å². The van der Waals surface area contributed by atoms with Gasteiger partial charge in [0, 0.05) is 30.0 Å². The van der Waals surface area contributed by atoms with Crippen LogP contribution in [-0.2, 0) is 0 Å². The second-order valence-corrected chi connectivity index (χ2v) is 6.04. The molecular formula is C16H24F2N2. The SMILES string of the molecule is CC(C)C1CCCN(c2ccc(N)cc2C(F)F)CC1. The Morgan fingerprint density at radius 2 is 1.95 bits per heavy atom. The summed E-state index contributed by atoms with van der Waals surface area (Å²) in [5.74, 6) is 1.36. The summed E-state index contributed by atoms with van der Waals surface area (Å²) in [7, 11) is 0. The van der Waals surface area contributed by atoms with Gasteiger partial charge in [-0.1, -0.05) is 13.8 Å². The molecule has 0 bridgehead atoms. The highest BCUT2D eigenvalue weighted by molar-refractivity contribution is 5.60.